The Kier molecular flexibility index (Phi) is 4.95. The molecule has 8 heteroatoms. The molecule has 0 radical (unpaired) electrons. The monoisotopic (exact) mass is 233 g/mol. The minimum absolute atomic E-state index is 0.0396. The van der Waals surface area contributed by atoms with Gasteiger partial charge < -0.3 is 15.6 Å². The Morgan fingerprint density at radius 1 is 1.67 bits per heavy atom. The number of methoxy groups -OCH3 is 1. The SMILES string of the molecule is COCC(N)C(CO)Sc1nnnn1C. The van der Waals surface area contributed by atoms with Crippen LogP contribution in [0.5, 0.6) is 0 Å². The van der Waals surface area contributed by atoms with Gasteiger partial charge in [-0.25, -0.2) is 4.68 Å². The number of tetrazole rings is 1. The summed E-state index contributed by atoms with van der Waals surface area (Å²) in [6.45, 7) is 0.353. The highest BCUT2D eigenvalue weighted by Crippen LogP contribution is 2.21. The molecule has 1 heterocycles. The number of ether oxygens (including phenoxy) is 1. The van der Waals surface area contributed by atoms with Crippen LogP contribution < -0.4 is 5.73 Å². The molecule has 0 spiro atoms. The maximum atomic E-state index is 9.18. The van der Waals surface area contributed by atoms with Gasteiger partial charge in [-0.1, -0.05) is 11.8 Å². The standard InChI is InChI=1S/C7H15N5O2S/c1-12-7(9-10-11-12)15-6(3-13)5(8)4-14-2/h5-6,13H,3-4,8H2,1-2H3. The normalized spacial score (nSPS) is 15.2. The molecule has 3 N–H and O–H groups in total. The third-order valence-corrected chi connectivity index (χ3v) is 3.21. The van der Waals surface area contributed by atoms with E-state index in [0.717, 1.165) is 0 Å². The first-order valence-corrected chi connectivity index (χ1v) is 5.31. The molecule has 86 valence electrons. The predicted octanol–water partition coefficient (Wildman–Crippen LogP) is -1.36. The molecule has 0 aliphatic heterocycles. The maximum Gasteiger partial charge on any atom is 0.209 e. The predicted molar refractivity (Wildman–Crippen MR) is 55.4 cm³/mol. The van der Waals surface area contributed by atoms with Crippen LogP contribution in [0.15, 0.2) is 5.16 Å². The summed E-state index contributed by atoms with van der Waals surface area (Å²) in [5.41, 5.74) is 5.82. The molecule has 0 aliphatic rings. The first-order chi connectivity index (χ1) is 7.19. The van der Waals surface area contributed by atoms with Gasteiger partial charge in [-0.2, -0.15) is 0 Å². The lowest BCUT2D eigenvalue weighted by Gasteiger charge is -2.19. The Hall–Kier alpha value is -0.700. The van der Waals surface area contributed by atoms with E-state index in [1.165, 1.54) is 16.4 Å². The fraction of sp³-hybridized carbons (Fsp3) is 0.857. The molecule has 0 fully saturated rings. The summed E-state index contributed by atoms with van der Waals surface area (Å²) in [6.07, 6.45) is 0. The van der Waals surface area contributed by atoms with Crippen molar-refractivity contribution < 1.29 is 9.84 Å². The van der Waals surface area contributed by atoms with E-state index >= 15 is 0 Å². The third kappa shape index (κ3) is 3.42. The highest BCUT2D eigenvalue weighted by molar-refractivity contribution is 7.99. The molecule has 15 heavy (non-hydrogen) atoms. The van der Waals surface area contributed by atoms with Gasteiger partial charge in [-0.05, 0) is 10.4 Å². The van der Waals surface area contributed by atoms with Crippen LogP contribution in [0.25, 0.3) is 0 Å². The van der Waals surface area contributed by atoms with Crippen LogP contribution in [0, 0.1) is 0 Å². The lowest BCUT2D eigenvalue weighted by atomic mass is 10.2. The zero-order chi connectivity index (χ0) is 11.3. The van der Waals surface area contributed by atoms with Crippen molar-refractivity contribution in [2.45, 2.75) is 16.4 Å². The van der Waals surface area contributed by atoms with Gasteiger partial charge in [0.2, 0.25) is 5.16 Å². The molecule has 1 aromatic heterocycles. The molecular weight excluding hydrogens is 218 g/mol. The molecule has 1 aromatic rings. The highest BCUT2D eigenvalue weighted by atomic mass is 32.2. The van der Waals surface area contributed by atoms with Gasteiger partial charge in [0.15, 0.2) is 0 Å². The summed E-state index contributed by atoms with van der Waals surface area (Å²) in [5, 5.41) is 20.6. The zero-order valence-corrected chi connectivity index (χ0v) is 9.52. The van der Waals surface area contributed by atoms with E-state index in [9.17, 15) is 5.11 Å². The number of nitrogens with zero attached hydrogens (tertiary/aromatic N) is 4. The molecule has 0 aromatic carbocycles. The Bertz CT molecular complexity index is 295. The van der Waals surface area contributed by atoms with Crippen LogP contribution in [0.1, 0.15) is 0 Å². The largest absolute Gasteiger partial charge is 0.395 e. The second-order valence-corrected chi connectivity index (χ2v) is 4.25. The quantitative estimate of drug-likeness (QED) is 0.585. The third-order valence-electron chi connectivity index (χ3n) is 1.85. The van der Waals surface area contributed by atoms with Crippen LogP contribution in [0.4, 0.5) is 0 Å². The van der Waals surface area contributed by atoms with E-state index < -0.39 is 0 Å². The van der Waals surface area contributed by atoms with Crippen LogP contribution in [0.3, 0.4) is 0 Å². The summed E-state index contributed by atoms with van der Waals surface area (Å²) in [7, 11) is 3.31. The van der Waals surface area contributed by atoms with Crippen LogP contribution in [0.2, 0.25) is 0 Å². The van der Waals surface area contributed by atoms with E-state index in [1.807, 2.05) is 0 Å². The van der Waals surface area contributed by atoms with Gasteiger partial charge in [0.25, 0.3) is 0 Å². The first-order valence-electron chi connectivity index (χ1n) is 4.43. The highest BCUT2D eigenvalue weighted by Gasteiger charge is 2.20. The van der Waals surface area contributed by atoms with E-state index in [0.29, 0.717) is 11.8 Å². The maximum absolute atomic E-state index is 9.18. The minimum Gasteiger partial charge on any atom is -0.395 e. The fourth-order valence-corrected chi connectivity index (χ4v) is 1.89. The molecule has 0 saturated heterocycles. The number of rotatable bonds is 6. The molecule has 0 amide bonds. The van der Waals surface area contributed by atoms with Crippen molar-refractivity contribution in [3.63, 3.8) is 0 Å². The van der Waals surface area contributed by atoms with E-state index in [1.54, 1.807) is 14.2 Å². The van der Waals surface area contributed by atoms with Crippen molar-refractivity contribution in [1.82, 2.24) is 20.2 Å². The van der Waals surface area contributed by atoms with Crippen molar-refractivity contribution in [1.29, 1.82) is 0 Å². The van der Waals surface area contributed by atoms with Gasteiger partial charge >= 0.3 is 0 Å². The molecule has 0 saturated carbocycles. The van der Waals surface area contributed by atoms with Crippen LogP contribution >= 0.6 is 11.8 Å². The second kappa shape index (κ2) is 6.01. The van der Waals surface area contributed by atoms with Crippen molar-refractivity contribution in [3.05, 3.63) is 0 Å². The smallest absolute Gasteiger partial charge is 0.209 e. The summed E-state index contributed by atoms with van der Waals surface area (Å²) < 4.78 is 6.46. The topological polar surface area (TPSA) is 99.1 Å². The Labute approximate surface area is 92.0 Å². The van der Waals surface area contributed by atoms with Gasteiger partial charge in [0.05, 0.1) is 18.5 Å². The van der Waals surface area contributed by atoms with Gasteiger partial charge in [-0.15, -0.1) is 5.10 Å². The van der Waals surface area contributed by atoms with Crippen LogP contribution in [-0.4, -0.2) is 56.9 Å². The first kappa shape index (κ1) is 12.4. The lowest BCUT2D eigenvalue weighted by Crippen LogP contribution is -2.39. The molecule has 7 nitrogen and oxygen atoms in total. The zero-order valence-electron chi connectivity index (χ0n) is 8.70. The van der Waals surface area contributed by atoms with Crippen molar-refractivity contribution in [3.8, 4) is 0 Å². The van der Waals surface area contributed by atoms with E-state index in [4.69, 9.17) is 10.5 Å². The number of aliphatic hydroxyl groups is 1. The lowest BCUT2D eigenvalue weighted by molar-refractivity contribution is 0.167. The number of hydrogen-bond acceptors (Lipinski definition) is 7. The minimum atomic E-state index is -0.248. The number of thioether (sulfide) groups is 1. The summed E-state index contributed by atoms with van der Waals surface area (Å²) in [5.74, 6) is 0. The summed E-state index contributed by atoms with van der Waals surface area (Å²) in [4.78, 5) is 0. The Balaban J connectivity index is 2.57. The van der Waals surface area contributed by atoms with Gasteiger partial charge in [-0.3, -0.25) is 0 Å². The molecule has 2 unspecified atom stereocenters. The number of aliphatic hydroxyl groups excluding tert-OH is 1. The van der Waals surface area contributed by atoms with Crippen molar-refractivity contribution >= 4 is 11.8 Å². The van der Waals surface area contributed by atoms with Crippen molar-refractivity contribution in [2.75, 3.05) is 20.3 Å². The van der Waals surface area contributed by atoms with Crippen LogP contribution in [-0.2, 0) is 11.8 Å². The molecule has 0 bridgehead atoms. The average Bonchev–Trinajstić information content (AvgIpc) is 2.61. The van der Waals surface area contributed by atoms with Gasteiger partial charge in [0, 0.05) is 20.2 Å². The Morgan fingerprint density at radius 2 is 2.40 bits per heavy atom. The van der Waals surface area contributed by atoms with E-state index in [-0.39, 0.29) is 17.9 Å². The number of aromatic nitrogens is 4. The Morgan fingerprint density at radius 3 is 2.87 bits per heavy atom. The second-order valence-electron chi connectivity index (χ2n) is 3.04. The number of aryl methyl sites for hydroxylation is 1. The molecular formula is C7H15N5O2S. The number of nitrogens with two attached hydrogens (primary N) is 1. The van der Waals surface area contributed by atoms with Crippen molar-refractivity contribution in [2.24, 2.45) is 12.8 Å². The summed E-state index contributed by atoms with van der Waals surface area (Å²) in [6, 6.07) is -0.248. The molecule has 2 atom stereocenters. The summed E-state index contributed by atoms with van der Waals surface area (Å²) >= 11 is 1.34. The molecule has 0 aliphatic carbocycles. The average molecular weight is 233 g/mol. The van der Waals surface area contributed by atoms with Gasteiger partial charge in [0.1, 0.15) is 0 Å². The number of hydrogen-bond donors (Lipinski definition) is 2. The van der Waals surface area contributed by atoms with E-state index in [2.05, 4.69) is 15.5 Å². The fourth-order valence-electron chi connectivity index (χ4n) is 1.02. The molecule has 1 rings (SSSR count).